The molecule has 0 aliphatic heterocycles. The number of allylic oxidation sites excluding steroid dienone is 2. The minimum atomic E-state index is -0.505. The van der Waals surface area contributed by atoms with Gasteiger partial charge < -0.3 is 9.47 Å². The number of ether oxygens (including phenoxy) is 2. The molecule has 1 aliphatic rings. The Bertz CT molecular complexity index is 890. The molecule has 0 heterocycles. The Morgan fingerprint density at radius 1 is 1.08 bits per heavy atom. The fraction of sp³-hybridized carbons (Fsp3) is 0.200. The normalized spacial score (nSPS) is 13.0. The molecule has 0 bridgehead atoms. The summed E-state index contributed by atoms with van der Waals surface area (Å²) < 4.78 is 11.1. The molecule has 0 amide bonds. The third-order valence-corrected chi connectivity index (χ3v) is 4.05. The molecule has 1 aliphatic carbocycles. The van der Waals surface area contributed by atoms with Crippen molar-refractivity contribution in [3.63, 3.8) is 0 Å². The van der Waals surface area contributed by atoms with Gasteiger partial charge in [0.05, 0.1) is 0 Å². The van der Waals surface area contributed by atoms with Gasteiger partial charge in [0.15, 0.2) is 0 Å². The van der Waals surface area contributed by atoms with Gasteiger partial charge in [0.25, 0.3) is 0 Å². The van der Waals surface area contributed by atoms with Gasteiger partial charge in [-0.05, 0) is 19.8 Å². The fourth-order valence-corrected chi connectivity index (χ4v) is 3.03. The summed E-state index contributed by atoms with van der Waals surface area (Å²) in [4.78, 5) is 23.4. The van der Waals surface area contributed by atoms with E-state index in [1.165, 1.54) is 12.5 Å². The smallest absolute Gasteiger partial charge is 0.335 e. The molecule has 2 aromatic carbocycles. The molecular formula is C20H18O4. The Kier molecular flexibility index (Phi) is 4.21. The molecule has 0 radical (unpaired) electrons. The standard InChI is InChI=1S/C20H18O4/c1-4-18(22)24-20-15-8-6-5-7-14(15)19(23-13(3)21)16-10-9-12(2)11-17(16)20/h4-9H,1,10-11H2,2-3H3. The van der Waals surface area contributed by atoms with Crippen LogP contribution in [0, 0.1) is 0 Å². The summed E-state index contributed by atoms with van der Waals surface area (Å²) in [5, 5.41) is 1.50. The van der Waals surface area contributed by atoms with Crippen molar-refractivity contribution >= 4 is 22.7 Å². The maximum absolute atomic E-state index is 11.8. The van der Waals surface area contributed by atoms with Crippen LogP contribution in [0.3, 0.4) is 0 Å². The van der Waals surface area contributed by atoms with Crippen molar-refractivity contribution in [2.24, 2.45) is 0 Å². The van der Waals surface area contributed by atoms with E-state index >= 15 is 0 Å². The first-order chi connectivity index (χ1) is 11.5. The van der Waals surface area contributed by atoms with E-state index < -0.39 is 5.97 Å². The van der Waals surface area contributed by atoms with Crippen LogP contribution in [-0.4, -0.2) is 11.9 Å². The van der Waals surface area contributed by atoms with Crippen molar-refractivity contribution in [2.75, 3.05) is 0 Å². The van der Waals surface area contributed by atoms with Crippen molar-refractivity contribution in [2.45, 2.75) is 26.7 Å². The third kappa shape index (κ3) is 2.83. The first-order valence-corrected chi connectivity index (χ1v) is 7.76. The lowest BCUT2D eigenvalue weighted by Gasteiger charge is -2.23. The largest absolute Gasteiger partial charge is 0.426 e. The Morgan fingerprint density at radius 3 is 2.29 bits per heavy atom. The maximum Gasteiger partial charge on any atom is 0.335 e. The van der Waals surface area contributed by atoms with Gasteiger partial charge in [0, 0.05) is 34.9 Å². The topological polar surface area (TPSA) is 52.6 Å². The van der Waals surface area contributed by atoms with E-state index in [-0.39, 0.29) is 5.97 Å². The average molecular weight is 322 g/mol. The fourth-order valence-electron chi connectivity index (χ4n) is 3.03. The summed E-state index contributed by atoms with van der Waals surface area (Å²) in [5.74, 6) is 0.198. The summed E-state index contributed by atoms with van der Waals surface area (Å²) in [5.41, 5.74) is 2.96. The Labute approximate surface area is 140 Å². The van der Waals surface area contributed by atoms with E-state index in [2.05, 4.69) is 12.7 Å². The van der Waals surface area contributed by atoms with E-state index in [4.69, 9.17) is 9.47 Å². The van der Waals surface area contributed by atoms with Crippen molar-refractivity contribution in [1.29, 1.82) is 0 Å². The van der Waals surface area contributed by atoms with E-state index in [9.17, 15) is 9.59 Å². The van der Waals surface area contributed by atoms with E-state index in [0.29, 0.717) is 24.3 Å². The van der Waals surface area contributed by atoms with Gasteiger partial charge in [0.1, 0.15) is 11.5 Å². The van der Waals surface area contributed by atoms with Crippen LogP contribution in [-0.2, 0) is 22.4 Å². The molecule has 0 N–H and O–H groups in total. The van der Waals surface area contributed by atoms with Crippen LogP contribution in [0.2, 0.25) is 0 Å². The van der Waals surface area contributed by atoms with Crippen LogP contribution in [0.1, 0.15) is 25.0 Å². The highest BCUT2D eigenvalue weighted by Crippen LogP contribution is 2.44. The molecule has 4 heteroatoms. The van der Waals surface area contributed by atoms with Crippen molar-refractivity contribution < 1.29 is 19.1 Å². The minimum absolute atomic E-state index is 0.371. The molecule has 0 fully saturated rings. The van der Waals surface area contributed by atoms with E-state index in [1.54, 1.807) is 0 Å². The summed E-state index contributed by atoms with van der Waals surface area (Å²) in [6.45, 7) is 6.88. The monoisotopic (exact) mass is 322 g/mol. The number of hydrogen-bond acceptors (Lipinski definition) is 4. The molecule has 3 rings (SSSR count). The van der Waals surface area contributed by atoms with Crippen molar-refractivity contribution in [3.8, 4) is 11.5 Å². The highest BCUT2D eigenvalue weighted by molar-refractivity contribution is 5.99. The van der Waals surface area contributed by atoms with Gasteiger partial charge in [-0.1, -0.05) is 42.5 Å². The van der Waals surface area contributed by atoms with Gasteiger partial charge >= 0.3 is 11.9 Å². The number of carbonyl (C=O) groups excluding carboxylic acids is 2. The van der Waals surface area contributed by atoms with Crippen LogP contribution in [0.5, 0.6) is 11.5 Å². The van der Waals surface area contributed by atoms with Crippen LogP contribution >= 0.6 is 0 Å². The Hall–Kier alpha value is -2.88. The number of benzene rings is 2. The number of carbonyl (C=O) groups is 2. The number of rotatable bonds is 3. The molecule has 0 saturated carbocycles. The quantitative estimate of drug-likeness (QED) is 0.372. The predicted octanol–water partition coefficient (Wildman–Crippen LogP) is 3.90. The summed E-state index contributed by atoms with van der Waals surface area (Å²) in [7, 11) is 0. The lowest BCUT2D eigenvalue weighted by Crippen LogP contribution is -2.13. The minimum Gasteiger partial charge on any atom is -0.426 e. The Balaban J connectivity index is 2.34. The van der Waals surface area contributed by atoms with Gasteiger partial charge in [-0.2, -0.15) is 0 Å². The summed E-state index contributed by atoms with van der Waals surface area (Å²) in [6.07, 6.45) is 4.53. The van der Waals surface area contributed by atoms with E-state index in [1.807, 2.05) is 31.2 Å². The third-order valence-electron chi connectivity index (χ3n) is 4.05. The zero-order valence-electron chi connectivity index (χ0n) is 13.7. The van der Waals surface area contributed by atoms with Crippen LogP contribution < -0.4 is 9.47 Å². The lowest BCUT2D eigenvalue weighted by molar-refractivity contribution is -0.132. The van der Waals surface area contributed by atoms with Gasteiger partial charge in [0.2, 0.25) is 0 Å². The van der Waals surface area contributed by atoms with Crippen molar-refractivity contribution in [3.05, 3.63) is 59.7 Å². The molecule has 0 aromatic heterocycles. The number of hydrogen-bond donors (Lipinski definition) is 0. The number of fused-ring (bicyclic) bond motifs is 2. The molecule has 0 spiro atoms. The maximum atomic E-state index is 11.8. The molecule has 0 unspecified atom stereocenters. The van der Waals surface area contributed by atoms with Gasteiger partial charge in [-0.3, -0.25) is 4.79 Å². The second kappa shape index (κ2) is 6.32. The SMILES string of the molecule is C=CC(=O)Oc1c2c(c(OC(C)=O)c3ccccc13)CC=C(C)C2. The highest BCUT2D eigenvalue weighted by Gasteiger charge is 2.25. The van der Waals surface area contributed by atoms with Crippen LogP contribution in [0.4, 0.5) is 0 Å². The summed E-state index contributed by atoms with van der Waals surface area (Å²) in [6, 6.07) is 7.46. The molecular weight excluding hydrogens is 304 g/mol. The predicted molar refractivity (Wildman–Crippen MR) is 92.3 cm³/mol. The average Bonchev–Trinajstić information content (AvgIpc) is 2.57. The molecule has 4 nitrogen and oxygen atoms in total. The highest BCUT2D eigenvalue weighted by atomic mass is 16.5. The van der Waals surface area contributed by atoms with Crippen LogP contribution in [0.15, 0.2) is 48.6 Å². The van der Waals surface area contributed by atoms with Crippen LogP contribution in [0.25, 0.3) is 10.8 Å². The summed E-state index contributed by atoms with van der Waals surface area (Å²) >= 11 is 0. The molecule has 122 valence electrons. The second-order valence-electron chi connectivity index (χ2n) is 5.81. The second-order valence-corrected chi connectivity index (χ2v) is 5.81. The lowest BCUT2D eigenvalue weighted by atomic mass is 9.87. The zero-order chi connectivity index (χ0) is 17.3. The molecule has 24 heavy (non-hydrogen) atoms. The number of esters is 2. The van der Waals surface area contributed by atoms with Crippen molar-refractivity contribution in [1.82, 2.24) is 0 Å². The molecule has 0 saturated heterocycles. The molecule has 2 aromatic rings. The first kappa shape index (κ1) is 16.0. The molecule has 0 atom stereocenters. The zero-order valence-corrected chi connectivity index (χ0v) is 13.7. The van der Waals surface area contributed by atoms with Gasteiger partial charge in [-0.25, -0.2) is 4.79 Å². The Morgan fingerprint density at radius 2 is 1.71 bits per heavy atom. The van der Waals surface area contributed by atoms with E-state index in [0.717, 1.165) is 28.0 Å². The first-order valence-electron chi connectivity index (χ1n) is 7.76. The van der Waals surface area contributed by atoms with Gasteiger partial charge in [-0.15, -0.1) is 0 Å².